The van der Waals surface area contributed by atoms with Crippen molar-refractivity contribution in [1.29, 1.82) is 0 Å². The number of esters is 1. The molecule has 2 N–H and O–H groups in total. The number of anilines is 1. The zero-order valence-corrected chi connectivity index (χ0v) is 13.2. The zero-order chi connectivity index (χ0) is 14.5. The largest absolute Gasteiger partial charge is 0.462 e. The van der Waals surface area contributed by atoms with E-state index in [9.17, 15) is 4.79 Å². The van der Waals surface area contributed by atoms with Crippen LogP contribution in [0.2, 0.25) is 0 Å². The second-order valence-electron chi connectivity index (χ2n) is 3.89. The Kier molecular flexibility index (Phi) is 5.03. The van der Waals surface area contributed by atoms with E-state index in [1.165, 1.54) is 11.8 Å². The average molecular weight is 353 g/mol. The number of rotatable bonds is 4. The van der Waals surface area contributed by atoms with Crippen molar-refractivity contribution < 1.29 is 9.53 Å². The predicted octanol–water partition coefficient (Wildman–Crippen LogP) is 3.75. The first kappa shape index (κ1) is 14.9. The van der Waals surface area contributed by atoms with E-state index in [4.69, 9.17) is 10.5 Å². The van der Waals surface area contributed by atoms with Gasteiger partial charge in [0.15, 0.2) is 0 Å². The van der Waals surface area contributed by atoms with Crippen LogP contribution in [-0.4, -0.2) is 17.6 Å². The SMILES string of the molecule is CCOC(=O)c1cc(N)ccc1Sc1ccc(Br)cn1. The molecule has 0 atom stereocenters. The van der Waals surface area contributed by atoms with Gasteiger partial charge in [-0.05, 0) is 53.2 Å². The summed E-state index contributed by atoms with van der Waals surface area (Å²) in [5.41, 5.74) is 6.72. The molecule has 0 aliphatic carbocycles. The van der Waals surface area contributed by atoms with Crippen LogP contribution in [0, 0.1) is 0 Å². The lowest BCUT2D eigenvalue weighted by molar-refractivity contribution is 0.0522. The van der Waals surface area contributed by atoms with Crippen molar-refractivity contribution in [2.45, 2.75) is 16.8 Å². The number of ether oxygens (including phenoxy) is 1. The number of nitrogens with two attached hydrogens (primary N) is 1. The van der Waals surface area contributed by atoms with E-state index in [2.05, 4.69) is 20.9 Å². The van der Waals surface area contributed by atoms with E-state index in [1.807, 2.05) is 12.1 Å². The molecule has 2 aromatic rings. The summed E-state index contributed by atoms with van der Waals surface area (Å²) in [4.78, 5) is 17.0. The molecule has 20 heavy (non-hydrogen) atoms. The molecule has 6 heteroatoms. The maximum absolute atomic E-state index is 11.9. The number of halogens is 1. The number of aromatic nitrogens is 1. The lowest BCUT2D eigenvalue weighted by Gasteiger charge is -2.09. The molecule has 0 saturated heterocycles. The van der Waals surface area contributed by atoms with Gasteiger partial charge in [0.1, 0.15) is 5.03 Å². The topological polar surface area (TPSA) is 65.2 Å². The minimum atomic E-state index is -0.376. The predicted molar refractivity (Wildman–Crippen MR) is 82.9 cm³/mol. The molecule has 0 spiro atoms. The Balaban J connectivity index is 2.31. The summed E-state index contributed by atoms with van der Waals surface area (Å²) < 4.78 is 5.95. The van der Waals surface area contributed by atoms with Gasteiger partial charge in [0.05, 0.1) is 12.2 Å². The minimum Gasteiger partial charge on any atom is -0.462 e. The summed E-state index contributed by atoms with van der Waals surface area (Å²) in [7, 11) is 0. The molecule has 0 bridgehead atoms. The molecular formula is C14H13BrN2O2S. The van der Waals surface area contributed by atoms with Crippen LogP contribution in [0.5, 0.6) is 0 Å². The van der Waals surface area contributed by atoms with E-state index in [-0.39, 0.29) is 5.97 Å². The number of hydrogen-bond acceptors (Lipinski definition) is 5. The van der Waals surface area contributed by atoms with Crippen LogP contribution in [0.1, 0.15) is 17.3 Å². The number of nitrogens with zero attached hydrogens (tertiary/aromatic N) is 1. The van der Waals surface area contributed by atoms with E-state index < -0.39 is 0 Å². The van der Waals surface area contributed by atoms with Gasteiger partial charge in [-0.2, -0.15) is 0 Å². The number of carbonyl (C=O) groups is 1. The van der Waals surface area contributed by atoms with Crippen molar-refractivity contribution in [3.63, 3.8) is 0 Å². The van der Waals surface area contributed by atoms with Crippen molar-refractivity contribution in [1.82, 2.24) is 4.98 Å². The highest BCUT2D eigenvalue weighted by atomic mass is 79.9. The molecule has 0 saturated carbocycles. The zero-order valence-electron chi connectivity index (χ0n) is 10.8. The second-order valence-corrected chi connectivity index (χ2v) is 5.87. The van der Waals surface area contributed by atoms with E-state index in [0.29, 0.717) is 17.9 Å². The van der Waals surface area contributed by atoms with Crippen molar-refractivity contribution in [3.8, 4) is 0 Å². The summed E-state index contributed by atoms with van der Waals surface area (Å²) >= 11 is 4.73. The first-order chi connectivity index (χ1) is 9.60. The molecule has 0 radical (unpaired) electrons. The van der Waals surface area contributed by atoms with Crippen LogP contribution in [0.25, 0.3) is 0 Å². The van der Waals surface area contributed by atoms with Gasteiger partial charge in [-0.15, -0.1) is 0 Å². The van der Waals surface area contributed by atoms with E-state index in [0.717, 1.165) is 14.4 Å². The second kappa shape index (κ2) is 6.76. The normalized spacial score (nSPS) is 10.3. The average Bonchev–Trinajstić information content (AvgIpc) is 2.43. The van der Waals surface area contributed by atoms with Crippen LogP contribution < -0.4 is 5.73 Å². The molecule has 0 aliphatic heterocycles. The Morgan fingerprint density at radius 1 is 1.40 bits per heavy atom. The lowest BCUT2D eigenvalue weighted by atomic mass is 10.2. The molecule has 1 aromatic carbocycles. The highest BCUT2D eigenvalue weighted by molar-refractivity contribution is 9.10. The summed E-state index contributed by atoms with van der Waals surface area (Å²) in [6.45, 7) is 2.10. The highest BCUT2D eigenvalue weighted by Crippen LogP contribution is 2.31. The fourth-order valence-corrected chi connectivity index (χ4v) is 2.63. The van der Waals surface area contributed by atoms with Gasteiger partial charge in [0.2, 0.25) is 0 Å². The molecule has 2 rings (SSSR count). The van der Waals surface area contributed by atoms with Crippen LogP contribution in [-0.2, 0) is 4.74 Å². The van der Waals surface area contributed by atoms with Gasteiger partial charge in [-0.25, -0.2) is 9.78 Å². The Labute approximate surface area is 129 Å². The monoisotopic (exact) mass is 352 g/mol. The quantitative estimate of drug-likeness (QED) is 0.670. The molecule has 1 heterocycles. The highest BCUT2D eigenvalue weighted by Gasteiger charge is 2.14. The third kappa shape index (κ3) is 3.74. The number of pyridine rings is 1. The van der Waals surface area contributed by atoms with Crippen molar-refractivity contribution in [3.05, 3.63) is 46.6 Å². The smallest absolute Gasteiger partial charge is 0.339 e. The Bertz CT molecular complexity index is 617. The number of carbonyl (C=O) groups excluding carboxylic acids is 1. The van der Waals surface area contributed by atoms with Gasteiger partial charge < -0.3 is 10.5 Å². The molecule has 0 aliphatic rings. The Hall–Kier alpha value is -1.53. The molecule has 0 unspecified atom stereocenters. The van der Waals surface area contributed by atoms with Crippen molar-refractivity contribution in [2.24, 2.45) is 0 Å². The third-order valence-electron chi connectivity index (χ3n) is 2.41. The lowest BCUT2D eigenvalue weighted by Crippen LogP contribution is -2.07. The van der Waals surface area contributed by atoms with Gasteiger partial charge in [-0.3, -0.25) is 0 Å². The first-order valence-corrected chi connectivity index (χ1v) is 7.57. The summed E-state index contributed by atoms with van der Waals surface area (Å²) in [6, 6.07) is 8.95. The summed E-state index contributed by atoms with van der Waals surface area (Å²) in [5.74, 6) is -0.376. The number of hydrogen-bond donors (Lipinski definition) is 1. The maximum atomic E-state index is 11.9. The van der Waals surface area contributed by atoms with Crippen LogP contribution >= 0.6 is 27.7 Å². The van der Waals surface area contributed by atoms with Crippen molar-refractivity contribution in [2.75, 3.05) is 12.3 Å². The van der Waals surface area contributed by atoms with Gasteiger partial charge >= 0.3 is 5.97 Å². The molecule has 1 aromatic heterocycles. The first-order valence-electron chi connectivity index (χ1n) is 5.96. The Morgan fingerprint density at radius 3 is 2.85 bits per heavy atom. The van der Waals surface area contributed by atoms with Gasteiger partial charge in [0.25, 0.3) is 0 Å². The van der Waals surface area contributed by atoms with Crippen LogP contribution in [0.3, 0.4) is 0 Å². The maximum Gasteiger partial charge on any atom is 0.339 e. The minimum absolute atomic E-state index is 0.328. The molecular weight excluding hydrogens is 340 g/mol. The fraction of sp³-hybridized carbons (Fsp3) is 0.143. The van der Waals surface area contributed by atoms with Gasteiger partial charge in [0, 0.05) is 21.3 Å². The molecule has 4 nitrogen and oxygen atoms in total. The van der Waals surface area contributed by atoms with E-state index in [1.54, 1.807) is 31.3 Å². The van der Waals surface area contributed by atoms with Crippen molar-refractivity contribution >= 4 is 39.3 Å². The van der Waals surface area contributed by atoms with E-state index >= 15 is 0 Å². The van der Waals surface area contributed by atoms with Crippen LogP contribution in [0.4, 0.5) is 5.69 Å². The standard InChI is InChI=1S/C14H13BrN2O2S/c1-2-19-14(18)11-7-10(16)4-5-12(11)20-13-6-3-9(15)8-17-13/h3-8H,2,16H2,1H3. The third-order valence-corrected chi connectivity index (χ3v) is 3.91. The molecule has 104 valence electrons. The fourth-order valence-electron chi connectivity index (χ4n) is 1.54. The summed E-state index contributed by atoms with van der Waals surface area (Å²) in [6.07, 6.45) is 1.71. The number of benzene rings is 1. The number of nitrogen functional groups attached to an aromatic ring is 1. The van der Waals surface area contributed by atoms with Gasteiger partial charge in [-0.1, -0.05) is 11.8 Å². The summed E-state index contributed by atoms with van der Waals surface area (Å²) in [5, 5.41) is 0.795. The Morgan fingerprint density at radius 2 is 2.20 bits per heavy atom. The molecule has 0 fully saturated rings. The molecule has 0 amide bonds. The van der Waals surface area contributed by atoms with Crippen LogP contribution in [0.15, 0.2) is 50.9 Å².